The Balaban J connectivity index is 2.17. The molecule has 0 spiro atoms. The molecule has 0 radical (unpaired) electrons. The van der Waals surface area contributed by atoms with E-state index < -0.39 is 0 Å². The SMILES string of the molecule is O=C1COC[C@H](c2sccc2Cl)N1. The van der Waals surface area contributed by atoms with Crippen molar-refractivity contribution in [2.45, 2.75) is 6.04 Å². The van der Waals surface area contributed by atoms with Crippen molar-refractivity contribution in [2.75, 3.05) is 13.2 Å². The lowest BCUT2D eigenvalue weighted by molar-refractivity contribution is -0.131. The molecule has 0 unspecified atom stereocenters. The highest BCUT2D eigenvalue weighted by Gasteiger charge is 2.22. The normalized spacial score (nSPS) is 22.8. The van der Waals surface area contributed by atoms with Crippen LogP contribution in [0.3, 0.4) is 0 Å². The fraction of sp³-hybridized carbons (Fsp3) is 0.375. The van der Waals surface area contributed by atoms with Gasteiger partial charge in [0.05, 0.1) is 17.7 Å². The summed E-state index contributed by atoms with van der Waals surface area (Å²) in [6.45, 7) is 0.658. The van der Waals surface area contributed by atoms with E-state index in [0.717, 1.165) is 4.88 Å². The monoisotopic (exact) mass is 217 g/mol. The first-order valence-electron chi connectivity index (χ1n) is 3.87. The van der Waals surface area contributed by atoms with Gasteiger partial charge < -0.3 is 10.1 Å². The fourth-order valence-electron chi connectivity index (χ4n) is 1.24. The standard InChI is InChI=1S/C8H8ClNO2S/c9-5-1-2-13-8(5)6-3-12-4-7(11)10-6/h1-2,6H,3-4H2,(H,10,11)/t6-/m1/s1. The van der Waals surface area contributed by atoms with Gasteiger partial charge in [-0.15, -0.1) is 11.3 Å². The maximum Gasteiger partial charge on any atom is 0.246 e. The molecule has 13 heavy (non-hydrogen) atoms. The summed E-state index contributed by atoms with van der Waals surface area (Å²) >= 11 is 7.46. The summed E-state index contributed by atoms with van der Waals surface area (Å²) in [6.07, 6.45) is 0. The van der Waals surface area contributed by atoms with E-state index >= 15 is 0 Å². The van der Waals surface area contributed by atoms with Crippen LogP contribution in [0.15, 0.2) is 11.4 Å². The minimum absolute atomic E-state index is 0.0752. The van der Waals surface area contributed by atoms with Crippen molar-refractivity contribution in [2.24, 2.45) is 0 Å². The smallest absolute Gasteiger partial charge is 0.246 e. The largest absolute Gasteiger partial charge is 0.369 e. The van der Waals surface area contributed by atoms with Crippen LogP contribution in [0, 0.1) is 0 Å². The van der Waals surface area contributed by atoms with Gasteiger partial charge in [-0.05, 0) is 11.4 Å². The molecule has 2 heterocycles. The number of halogens is 1. The second kappa shape index (κ2) is 3.65. The fourth-order valence-corrected chi connectivity index (χ4v) is 2.47. The van der Waals surface area contributed by atoms with E-state index in [1.807, 2.05) is 11.4 Å². The molecule has 1 atom stereocenters. The van der Waals surface area contributed by atoms with Crippen molar-refractivity contribution >= 4 is 28.8 Å². The van der Waals surface area contributed by atoms with Crippen molar-refractivity contribution in [3.8, 4) is 0 Å². The van der Waals surface area contributed by atoms with Crippen LogP contribution in [0.5, 0.6) is 0 Å². The topological polar surface area (TPSA) is 38.3 Å². The second-order valence-corrected chi connectivity index (χ2v) is 4.12. The highest BCUT2D eigenvalue weighted by atomic mass is 35.5. The molecule has 1 aromatic heterocycles. The maximum absolute atomic E-state index is 11.0. The molecule has 1 aromatic rings. The molecule has 2 rings (SSSR count). The van der Waals surface area contributed by atoms with Gasteiger partial charge in [0, 0.05) is 4.88 Å². The predicted molar refractivity (Wildman–Crippen MR) is 51.0 cm³/mol. The Morgan fingerprint density at radius 3 is 3.15 bits per heavy atom. The summed E-state index contributed by atoms with van der Waals surface area (Å²) in [5.41, 5.74) is 0. The number of thiophene rings is 1. The molecule has 1 amide bonds. The lowest BCUT2D eigenvalue weighted by Crippen LogP contribution is -2.39. The molecule has 3 nitrogen and oxygen atoms in total. The summed E-state index contributed by atoms with van der Waals surface area (Å²) < 4.78 is 5.11. The Morgan fingerprint density at radius 1 is 1.69 bits per heavy atom. The van der Waals surface area contributed by atoms with E-state index in [-0.39, 0.29) is 18.6 Å². The lowest BCUT2D eigenvalue weighted by atomic mass is 10.2. The third-order valence-electron chi connectivity index (χ3n) is 1.81. The summed E-state index contributed by atoms with van der Waals surface area (Å²) in [5.74, 6) is -0.0827. The molecule has 5 heteroatoms. The second-order valence-electron chi connectivity index (χ2n) is 2.77. The van der Waals surface area contributed by atoms with E-state index in [1.54, 1.807) is 0 Å². The van der Waals surface area contributed by atoms with Crippen molar-refractivity contribution in [1.29, 1.82) is 0 Å². The van der Waals surface area contributed by atoms with Gasteiger partial charge in [-0.2, -0.15) is 0 Å². The first kappa shape index (κ1) is 8.99. The van der Waals surface area contributed by atoms with Gasteiger partial charge >= 0.3 is 0 Å². The molecular weight excluding hydrogens is 210 g/mol. The molecule has 0 aliphatic carbocycles. The first-order chi connectivity index (χ1) is 6.27. The zero-order valence-electron chi connectivity index (χ0n) is 6.75. The Hall–Kier alpha value is -0.580. The molecule has 1 saturated heterocycles. The number of rotatable bonds is 1. The summed E-state index contributed by atoms with van der Waals surface area (Å²) in [5, 5.41) is 5.42. The summed E-state index contributed by atoms with van der Waals surface area (Å²) in [6, 6.07) is 1.75. The van der Waals surface area contributed by atoms with E-state index in [9.17, 15) is 4.79 Å². The van der Waals surface area contributed by atoms with Crippen molar-refractivity contribution in [1.82, 2.24) is 5.32 Å². The van der Waals surface area contributed by atoms with Crippen molar-refractivity contribution < 1.29 is 9.53 Å². The van der Waals surface area contributed by atoms with E-state index in [1.165, 1.54) is 11.3 Å². The molecular formula is C8H8ClNO2S. The number of amides is 1. The number of morpholine rings is 1. The number of carbonyl (C=O) groups excluding carboxylic acids is 1. The molecule has 70 valence electrons. The molecule has 1 N–H and O–H groups in total. The van der Waals surface area contributed by atoms with Crippen LogP contribution in [0.1, 0.15) is 10.9 Å². The van der Waals surface area contributed by atoms with E-state index in [0.29, 0.717) is 11.6 Å². The van der Waals surface area contributed by atoms with Gasteiger partial charge in [-0.25, -0.2) is 0 Å². The minimum Gasteiger partial charge on any atom is -0.369 e. The van der Waals surface area contributed by atoms with Crippen LogP contribution in [0.4, 0.5) is 0 Å². The molecule has 0 aromatic carbocycles. The van der Waals surface area contributed by atoms with Crippen molar-refractivity contribution in [3.05, 3.63) is 21.3 Å². The summed E-state index contributed by atoms with van der Waals surface area (Å²) in [7, 11) is 0. The number of nitrogens with one attached hydrogen (secondary N) is 1. The van der Waals surface area contributed by atoms with Gasteiger partial charge in [-0.1, -0.05) is 11.6 Å². The van der Waals surface area contributed by atoms with Gasteiger partial charge in [0.1, 0.15) is 6.61 Å². The molecule has 1 aliphatic rings. The average molecular weight is 218 g/mol. The lowest BCUT2D eigenvalue weighted by Gasteiger charge is -2.22. The molecule has 0 saturated carbocycles. The number of hydrogen-bond acceptors (Lipinski definition) is 3. The van der Waals surface area contributed by atoms with Crippen LogP contribution in [-0.4, -0.2) is 19.1 Å². The predicted octanol–water partition coefficient (Wildman–Crippen LogP) is 1.59. The first-order valence-corrected chi connectivity index (χ1v) is 5.13. The average Bonchev–Trinajstić information content (AvgIpc) is 2.51. The number of ether oxygens (including phenoxy) is 1. The molecule has 0 bridgehead atoms. The highest BCUT2D eigenvalue weighted by Crippen LogP contribution is 2.29. The van der Waals surface area contributed by atoms with Crippen LogP contribution in [0.25, 0.3) is 0 Å². The van der Waals surface area contributed by atoms with Gasteiger partial charge in [0.25, 0.3) is 0 Å². The van der Waals surface area contributed by atoms with E-state index in [2.05, 4.69) is 5.32 Å². The minimum atomic E-state index is -0.0827. The van der Waals surface area contributed by atoms with Crippen LogP contribution in [0.2, 0.25) is 5.02 Å². The Morgan fingerprint density at radius 2 is 2.54 bits per heavy atom. The van der Waals surface area contributed by atoms with Crippen LogP contribution in [-0.2, 0) is 9.53 Å². The maximum atomic E-state index is 11.0. The zero-order chi connectivity index (χ0) is 9.26. The highest BCUT2D eigenvalue weighted by molar-refractivity contribution is 7.10. The van der Waals surface area contributed by atoms with Crippen LogP contribution >= 0.6 is 22.9 Å². The summed E-state index contributed by atoms with van der Waals surface area (Å²) in [4.78, 5) is 12.0. The zero-order valence-corrected chi connectivity index (χ0v) is 8.32. The quantitative estimate of drug-likeness (QED) is 0.776. The number of hydrogen-bond donors (Lipinski definition) is 1. The van der Waals surface area contributed by atoms with E-state index in [4.69, 9.17) is 16.3 Å². The third-order valence-corrected chi connectivity index (χ3v) is 3.29. The molecule has 1 aliphatic heterocycles. The van der Waals surface area contributed by atoms with Crippen molar-refractivity contribution in [3.63, 3.8) is 0 Å². The third kappa shape index (κ3) is 1.85. The Labute approximate surface area is 84.7 Å². The Kier molecular flexibility index (Phi) is 2.53. The van der Waals surface area contributed by atoms with Gasteiger partial charge in [0.15, 0.2) is 0 Å². The molecule has 1 fully saturated rings. The number of carbonyl (C=O) groups is 1. The Bertz CT molecular complexity index is 326. The van der Waals surface area contributed by atoms with Gasteiger partial charge in [0.2, 0.25) is 5.91 Å². The van der Waals surface area contributed by atoms with Gasteiger partial charge in [-0.3, -0.25) is 4.79 Å². The van der Waals surface area contributed by atoms with Crippen LogP contribution < -0.4 is 5.32 Å².